The van der Waals surface area contributed by atoms with Gasteiger partial charge in [-0.05, 0) is 77.8 Å². The molecule has 0 spiro atoms. The first-order chi connectivity index (χ1) is 12.7. The first-order valence-corrected chi connectivity index (χ1v) is 14.1. The van der Waals surface area contributed by atoms with Gasteiger partial charge in [0.2, 0.25) is 0 Å². The van der Waals surface area contributed by atoms with Crippen molar-refractivity contribution >= 4 is 40.1 Å². The second-order valence-corrected chi connectivity index (χ2v) is 24.4. The molecule has 0 saturated heterocycles. The third-order valence-corrected chi connectivity index (χ3v) is 12.8. The molecule has 0 nitrogen and oxygen atoms in total. The van der Waals surface area contributed by atoms with Crippen LogP contribution in [-0.2, 0) is 0 Å². The van der Waals surface area contributed by atoms with Crippen LogP contribution in [0.1, 0.15) is 125 Å². The van der Waals surface area contributed by atoms with E-state index >= 15 is 0 Å². The summed E-state index contributed by atoms with van der Waals surface area (Å²) in [6.45, 7) is 43.1. The second-order valence-electron chi connectivity index (χ2n) is 14.5. The first kappa shape index (κ1) is 40.3. The monoisotopic (exact) mass is 572 g/mol. The molecule has 0 bridgehead atoms. The number of hydrogen-bond acceptors (Lipinski definition) is 0. The number of halogens is 5. The van der Waals surface area contributed by atoms with Crippen molar-refractivity contribution in [1.29, 1.82) is 0 Å². The first-order valence-electron chi connectivity index (χ1n) is 11.3. The molecule has 0 aliphatic heterocycles. The molecule has 0 amide bonds. The summed E-state index contributed by atoms with van der Waals surface area (Å²) in [5.74, 6) is 0. The molecule has 0 heterocycles. The molecule has 0 atom stereocenters. The van der Waals surface area contributed by atoms with E-state index < -0.39 is 15.2 Å². The Morgan fingerprint density at radius 3 is 0.562 bits per heavy atom. The van der Waals surface area contributed by atoms with Crippen LogP contribution in [0.25, 0.3) is 0 Å². The fourth-order valence-corrected chi connectivity index (χ4v) is 19.2. The molecule has 0 saturated carbocycles. The average Bonchev–Trinajstić information content (AvgIpc) is 2.09. The van der Waals surface area contributed by atoms with Crippen LogP contribution < -0.4 is 0 Å². The van der Waals surface area contributed by atoms with Gasteiger partial charge in [0.1, 0.15) is 0 Å². The summed E-state index contributed by atoms with van der Waals surface area (Å²) in [5.41, 5.74) is 0. The quantitative estimate of drug-likeness (QED) is 0.154. The molecule has 0 aromatic rings. The maximum absolute atomic E-state index is 9.75. The van der Waals surface area contributed by atoms with Gasteiger partial charge in [0.15, 0.2) is 0 Å². The fourth-order valence-electron chi connectivity index (χ4n) is 6.39. The van der Waals surface area contributed by atoms with Crippen LogP contribution in [0, 0.1) is 0 Å². The van der Waals surface area contributed by atoms with Crippen LogP contribution >= 0.6 is 32.8 Å². The summed E-state index contributed by atoms with van der Waals surface area (Å²) in [6, 6.07) is 0. The Morgan fingerprint density at radius 1 is 0.438 bits per heavy atom. The smallest absolute Gasteiger partial charge is 0.418 e. The summed E-state index contributed by atoms with van der Waals surface area (Å²) < 4.78 is 39.0. The van der Waals surface area contributed by atoms with Crippen molar-refractivity contribution in [2.75, 3.05) is 0 Å². The lowest BCUT2D eigenvalue weighted by molar-refractivity contribution is 0.368. The summed E-state index contributed by atoms with van der Waals surface area (Å²) in [7, 11) is -6.38. The lowest BCUT2D eigenvalue weighted by Gasteiger charge is -2.49. The normalized spacial score (nSPS) is 14.2. The standard InChI is InChI=1S/2C12H27P.BF4.BrH/c2*1-10(2,3)13(11(4,5)6)12(7,8)9;2-1(3,4)5;/h2*1-9H3;;1H/q;;-1;/p+1. The molecular formula is C24H56BBrF4P2. The van der Waals surface area contributed by atoms with Gasteiger partial charge in [0, 0.05) is 7.92 Å². The van der Waals surface area contributed by atoms with E-state index in [2.05, 4.69) is 125 Å². The third-order valence-electron chi connectivity index (χ3n) is 4.26. The Kier molecular flexibility index (Phi) is 16.2. The zero-order valence-electron chi connectivity index (χ0n) is 24.4. The van der Waals surface area contributed by atoms with E-state index in [1.54, 1.807) is 0 Å². The van der Waals surface area contributed by atoms with E-state index in [0.29, 0.717) is 30.9 Å². The van der Waals surface area contributed by atoms with Crippen molar-refractivity contribution in [2.24, 2.45) is 0 Å². The molecule has 0 unspecified atom stereocenters. The van der Waals surface area contributed by atoms with E-state index in [1.807, 2.05) is 0 Å². The van der Waals surface area contributed by atoms with E-state index in [1.165, 1.54) is 0 Å². The van der Waals surface area contributed by atoms with Gasteiger partial charge in [-0.2, -0.15) is 0 Å². The zero-order chi connectivity index (χ0) is 26.7. The maximum atomic E-state index is 9.75. The lowest BCUT2D eigenvalue weighted by atomic mass is 10.2. The van der Waals surface area contributed by atoms with Gasteiger partial charge in [-0.25, -0.2) is 0 Å². The number of hydrogen-bond donors (Lipinski definition) is 0. The van der Waals surface area contributed by atoms with E-state index in [9.17, 15) is 17.3 Å². The molecule has 8 heteroatoms. The number of rotatable bonds is 0. The Morgan fingerprint density at radius 2 is 0.562 bits per heavy atom. The predicted octanol–water partition coefficient (Wildman–Crippen LogP) is 11.3. The van der Waals surface area contributed by atoms with Crippen LogP contribution in [-0.4, -0.2) is 38.2 Å². The highest BCUT2D eigenvalue weighted by Gasteiger charge is 2.49. The fraction of sp³-hybridized carbons (Fsp3) is 1.00. The topological polar surface area (TPSA) is 0 Å². The van der Waals surface area contributed by atoms with Crippen LogP contribution in [0.5, 0.6) is 0 Å². The Labute approximate surface area is 212 Å². The maximum Gasteiger partial charge on any atom is 0.673 e. The van der Waals surface area contributed by atoms with Gasteiger partial charge in [-0.15, -0.1) is 17.0 Å². The molecule has 0 aliphatic carbocycles. The van der Waals surface area contributed by atoms with Crippen molar-refractivity contribution in [2.45, 2.75) is 156 Å². The minimum Gasteiger partial charge on any atom is -0.418 e. The second kappa shape index (κ2) is 12.9. The lowest BCUT2D eigenvalue weighted by Crippen LogP contribution is -2.34. The molecule has 0 radical (unpaired) electrons. The van der Waals surface area contributed by atoms with Crippen LogP contribution in [0.4, 0.5) is 17.3 Å². The summed E-state index contributed by atoms with van der Waals surface area (Å²) >= 11 is 0. The molecular weight excluding hydrogens is 517 g/mol. The molecule has 0 rings (SSSR count). The summed E-state index contributed by atoms with van der Waals surface area (Å²) in [6.07, 6.45) is 0. The largest absolute Gasteiger partial charge is 0.673 e. The van der Waals surface area contributed by atoms with E-state index in [0.717, 1.165) is 0 Å². The Bertz CT molecular complexity index is 395. The van der Waals surface area contributed by atoms with Gasteiger partial charge in [-0.3, -0.25) is 0 Å². The van der Waals surface area contributed by atoms with Gasteiger partial charge in [-0.1, -0.05) is 70.2 Å². The Hall–Kier alpha value is 1.12. The summed E-state index contributed by atoms with van der Waals surface area (Å²) in [5, 5.41) is 2.81. The highest BCUT2D eigenvalue weighted by atomic mass is 79.9. The van der Waals surface area contributed by atoms with Crippen LogP contribution in [0.3, 0.4) is 0 Å². The molecule has 0 aliphatic rings. The summed E-state index contributed by atoms with van der Waals surface area (Å²) in [4.78, 5) is 0. The average molecular weight is 573 g/mol. The van der Waals surface area contributed by atoms with Gasteiger partial charge in [0.05, 0.1) is 15.5 Å². The van der Waals surface area contributed by atoms with Gasteiger partial charge < -0.3 is 17.3 Å². The Balaban J connectivity index is -0.000000198. The SMILES string of the molecule is Br.CC(C)(C)P(C(C)(C)C)C(C)(C)C.CC(C)(C)[PH+](C(C)(C)C)C(C)(C)C.F[B-](F)(F)F. The molecule has 0 fully saturated rings. The van der Waals surface area contributed by atoms with Crippen LogP contribution in [0.15, 0.2) is 0 Å². The van der Waals surface area contributed by atoms with Crippen molar-refractivity contribution in [3.63, 3.8) is 0 Å². The van der Waals surface area contributed by atoms with E-state index in [-0.39, 0.29) is 24.9 Å². The molecule has 0 N–H and O–H groups in total. The van der Waals surface area contributed by atoms with Gasteiger partial charge in [0.25, 0.3) is 0 Å². The highest BCUT2D eigenvalue weighted by molar-refractivity contribution is 8.93. The van der Waals surface area contributed by atoms with Crippen molar-refractivity contribution in [3.05, 3.63) is 0 Å². The predicted molar refractivity (Wildman–Crippen MR) is 154 cm³/mol. The van der Waals surface area contributed by atoms with Crippen molar-refractivity contribution in [1.82, 2.24) is 0 Å². The minimum atomic E-state index is -6.00. The van der Waals surface area contributed by atoms with E-state index in [4.69, 9.17) is 0 Å². The molecule has 0 aromatic heterocycles. The van der Waals surface area contributed by atoms with Crippen molar-refractivity contribution in [3.8, 4) is 0 Å². The van der Waals surface area contributed by atoms with Crippen LogP contribution in [0.2, 0.25) is 0 Å². The zero-order valence-corrected chi connectivity index (χ0v) is 28.1. The molecule has 0 aromatic carbocycles. The molecule has 200 valence electrons. The van der Waals surface area contributed by atoms with Crippen molar-refractivity contribution < 1.29 is 17.3 Å². The highest BCUT2D eigenvalue weighted by Crippen LogP contribution is 2.67. The molecule has 32 heavy (non-hydrogen) atoms. The van der Waals surface area contributed by atoms with Gasteiger partial charge >= 0.3 is 7.25 Å². The minimum absolute atomic E-state index is 0. The third kappa shape index (κ3) is 20.5.